The molecule has 0 aliphatic rings. The maximum atomic E-state index is 12.1. The maximum Gasteiger partial charge on any atom is 0.342 e. The molecule has 0 saturated heterocycles. The van der Waals surface area contributed by atoms with Crippen molar-refractivity contribution >= 4 is 16.7 Å². The lowest BCUT2D eigenvalue weighted by Crippen LogP contribution is -2.05. The Morgan fingerprint density at radius 3 is 2.35 bits per heavy atom. The Kier molecular flexibility index (Phi) is 4.26. The minimum atomic E-state index is -0.587. The van der Waals surface area contributed by atoms with E-state index in [2.05, 4.69) is 11.8 Å². The molecule has 0 amide bonds. The molecule has 112 valence electrons. The van der Waals surface area contributed by atoms with Gasteiger partial charge in [0, 0.05) is 5.56 Å². The predicted octanol–water partition coefficient (Wildman–Crippen LogP) is 3.75. The van der Waals surface area contributed by atoms with Gasteiger partial charge in [-0.1, -0.05) is 54.3 Å². The average molecular weight is 302 g/mol. The van der Waals surface area contributed by atoms with Crippen LogP contribution in [0.3, 0.4) is 0 Å². The Morgan fingerprint density at radius 1 is 0.957 bits per heavy atom. The second-order valence-corrected chi connectivity index (χ2v) is 4.96. The Hall–Kier alpha value is -3.25. The summed E-state index contributed by atoms with van der Waals surface area (Å²) in [6, 6.07) is 20.1. The molecule has 0 atom stereocenters. The molecule has 3 heteroatoms. The first-order chi connectivity index (χ1) is 11.2. The Labute approximate surface area is 134 Å². The van der Waals surface area contributed by atoms with E-state index in [4.69, 9.17) is 4.74 Å². The molecule has 0 saturated carbocycles. The molecule has 0 heterocycles. The minimum absolute atomic E-state index is 0.0278. The molecule has 0 fully saturated rings. The van der Waals surface area contributed by atoms with Crippen molar-refractivity contribution in [3.63, 3.8) is 0 Å². The number of carbonyl (C=O) groups excluding carboxylic acids is 1. The van der Waals surface area contributed by atoms with Crippen molar-refractivity contribution in [3.05, 3.63) is 77.9 Å². The van der Waals surface area contributed by atoms with Crippen molar-refractivity contribution in [2.45, 2.75) is 0 Å². The summed E-state index contributed by atoms with van der Waals surface area (Å²) in [5.74, 6) is 5.01. The molecule has 0 radical (unpaired) electrons. The van der Waals surface area contributed by atoms with E-state index in [0.717, 1.165) is 16.3 Å². The third-order valence-electron chi connectivity index (χ3n) is 3.37. The fraction of sp³-hybridized carbons (Fsp3) is 0.0500. The molecular formula is C20H14O3. The predicted molar refractivity (Wildman–Crippen MR) is 89.2 cm³/mol. The zero-order valence-corrected chi connectivity index (χ0v) is 12.3. The molecule has 0 bridgehead atoms. The van der Waals surface area contributed by atoms with Gasteiger partial charge in [-0.25, -0.2) is 4.79 Å². The van der Waals surface area contributed by atoms with Crippen LogP contribution in [0, 0.1) is 11.8 Å². The number of rotatable bonds is 2. The summed E-state index contributed by atoms with van der Waals surface area (Å²) in [6.07, 6.45) is 0. The molecule has 3 nitrogen and oxygen atoms in total. The van der Waals surface area contributed by atoms with Gasteiger partial charge < -0.3 is 9.84 Å². The van der Waals surface area contributed by atoms with Gasteiger partial charge in [0.2, 0.25) is 0 Å². The highest BCUT2D eigenvalue weighted by Crippen LogP contribution is 2.25. The molecule has 0 spiro atoms. The summed E-state index contributed by atoms with van der Waals surface area (Å²) >= 11 is 0. The van der Waals surface area contributed by atoms with E-state index < -0.39 is 5.97 Å². The van der Waals surface area contributed by atoms with Crippen LogP contribution in [-0.2, 0) is 4.74 Å². The SMILES string of the molecule is O=C(OCC#Cc1ccccc1)c1cc2ccccc2cc1O. The number of hydrogen-bond acceptors (Lipinski definition) is 3. The lowest BCUT2D eigenvalue weighted by atomic mass is 10.1. The van der Waals surface area contributed by atoms with Crippen molar-refractivity contribution < 1.29 is 14.6 Å². The van der Waals surface area contributed by atoms with E-state index in [1.54, 1.807) is 12.1 Å². The number of hydrogen-bond donors (Lipinski definition) is 1. The second-order valence-electron chi connectivity index (χ2n) is 4.96. The normalized spacial score (nSPS) is 9.91. The van der Waals surface area contributed by atoms with Crippen LogP contribution >= 0.6 is 0 Å². The molecule has 0 unspecified atom stereocenters. The van der Waals surface area contributed by atoms with Crippen molar-refractivity contribution in [1.29, 1.82) is 0 Å². The van der Waals surface area contributed by atoms with Gasteiger partial charge in [-0.3, -0.25) is 0 Å². The summed E-state index contributed by atoms with van der Waals surface area (Å²) in [4.78, 5) is 12.1. The fourth-order valence-electron chi connectivity index (χ4n) is 2.23. The van der Waals surface area contributed by atoms with Crippen LogP contribution in [-0.4, -0.2) is 17.7 Å². The highest BCUT2D eigenvalue weighted by atomic mass is 16.5. The van der Waals surface area contributed by atoms with Crippen LogP contribution in [0.25, 0.3) is 10.8 Å². The summed E-state index contributed by atoms with van der Waals surface area (Å²) in [5, 5.41) is 11.7. The van der Waals surface area contributed by atoms with Crippen LogP contribution in [0.2, 0.25) is 0 Å². The molecule has 0 aliphatic carbocycles. The highest BCUT2D eigenvalue weighted by Gasteiger charge is 2.13. The molecule has 0 aromatic heterocycles. The zero-order valence-electron chi connectivity index (χ0n) is 12.3. The van der Waals surface area contributed by atoms with Gasteiger partial charge in [0.1, 0.15) is 11.3 Å². The van der Waals surface area contributed by atoms with E-state index in [0.29, 0.717) is 0 Å². The lowest BCUT2D eigenvalue weighted by molar-refractivity contribution is 0.0553. The van der Waals surface area contributed by atoms with Crippen LogP contribution < -0.4 is 0 Å². The van der Waals surface area contributed by atoms with Crippen LogP contribution in [0.15, 0.2) is 66.7 Å². The summed E-state index contributed by atoms with van der Waals surface area (Å²) in [7, 11) is 0. The van der Waals surface area contributed by atoms with E-state index in [1.807, 2.05) is 54.6 Å². The number of phenolic OH excluding ortho intramolecular Hbond substituents is 1. The molecule has 3 rings (SSSR count). The Bertz CT molecular complexity index is 902. The number of benzene rings is 3. The van der Waals surface area contributed by atoms with Crippen molar-refractivity contribution in [1.82, 2.24) is 0 Å². The molecule has 23 heavy (non-hydrogen) atoms. The smallest absolute Gasteiger partial charge is 0.342 e. The van der Waals surface area contributed by atoms with Crippen molar-refractivity contribution in [2.24, 2.45) is 0 Å². The number of ether oxygens (including phenoxy) is 1. The summed E-state index contributed by atoms with van der Waals surface area (Å²) in [5.41, 5.74) is 1.00. The third kappa shape index (κ3) is 3.50. The van der Waals surface area contributed by atoms with Gasteiger partial charge in [-0.15, -0.1) is 0 Å². The largest absolute Gasteiger partial charge is 0.507 e. The fourth-order valence-corrected chi connectivity index (χ4v) is 2.23. The molecular weight excluding hydrogens is 288 g/mol. The average Bonchev–Trinajstić information content (AvgIpc) is 2.59. The highest BCUT2D eigenvalue weighted by molar-refractivity contribution is 5.98. The molecule has 1 N–H and O–H groups in total. The van der Waals surface area contributed by atoms with Gasteiger partial charge >= 0.3 is 5.97 Å². The Balaban J connectivity index is 1.71. The quantitative estimate of drug-likeness (QED) is 0.579. The zero-order chi connectivity index (χ0) is 16.1. The molecule has 0 aliphatic heterocycles. The monoisotopic (exact) mass is 302 g/mol. The van der Waals surface area contributed by atoms with Gasteiger partial charge in [0.25, 0.3) is 0 Å². The standard InChI is InChI=1S/C20H14O3/c21-19-14-17-11-5-4-10-16(17)13-18(19)20(22)23-12-6-9-15-7-2-1-3-8-15/h1-5,7-8,10-11,13-14,21H,12H2. The first-order valence-electron chi connectivity index (χ1n) is 7.17. The van der Waals surface area contributed by atoms with Gasteiger partial charge in [-0.05, 0) is 35.0 Å². The van der Waals surface area contributed by atoms with Gasteiger partial charge in [0.15, 0.2) is 6.61 Å². The summed E-state index contributed by atoms with van der Waals surface area (Å²) in [6.45, 7) is -0.0278. The minimum Gasteiger partial charge on any atom is -0.507 e. The number of carbonyl (C=O) groups is 1. The van der Waals surface area contributed by atoms with E-state index in [1.165, 1.54) is 0 Å². The van der Waals surface area contributed by atoms with Crippen LogP contribution in [0.4, 0.5) is 0 Å². The van der Waals surface area contributed by atoms with Gasteiger partial charge in [0.05, 0.1) is 0 Å². The first kappa shape index (κ1) is 14.7. The maximum absolute atomic E-state index is 12.1. The van der Waals surface area contributed by atoms with Crippen molar-refractivity contribution in [2.75, 3.05) is 6.61 Å². The van der Waals surface area contributed by atoms with E-state index in [-0.39, 0.29) is 17.9 Å². The molecule has 3 aromatic rings. The number of esters is 1. The van der Waals surface area contributed by atoms with Crippen molar-refractivity contribution in [3.8, 4) is 17.6 Å². The van der Waals surface area contributed by atoms with E-state index in [9.17, 15) is 9.90 Å². The lowest BCUT2D eigenvalue weighted by Gasteiger charge is -2.06. The van der Waals surface area contributed by atoms with Crippen LogP contribution in [0.1, 0.15) is 15.9 Å². The number of phenols is 1. The second kappa shape index (κ2) is 6.67. The summed E-state index contributed by atoms with van der Waals surface area (Å²) < 4.78 is 5.11. The van der Waals surface area contributed by atoms with Gasteiger partial charge in [-0.2, -0.15) is 0 Å². The Morgan fingerprint density at radius 2 is 1.61 bits per heavy atom. The third-order valence-corrected chi connectivity index (χ3v) is 3.37. The topological polar surface area (TPSA) is 46.5 Å². The molecule has 3 aromatic carbocycles. The van der Waals surface area contributed by atoms with E-state index >= 15 is 0 Å². The first-order valence-corrected chi connectivity index (χ1v) is 7.17. The number of fused-ring (bicyclic) bond motifs is 1. The number of aromatic hydroxyl groups is 1. The van der Waals surface area contributed by atoms with Crippen LogP contribution in [0.5, 0.6) is 5.75 Å².